The molecule has 8 nitrogen and oxygen atoms in total. The highest BCUT2D eigenvalue weighted by Crippen LogP contribution is 2.49. The molecule has 3 N–H and O–H groups in total. The van der Waals surface area contributed by atoms with Gasteiger partial charge in [0.05, 0.1) is 24.2 Å². The van der Waals surface area contributed by atoms with Crippen molar-refractivity contribution in [3.05, 3.63) is 71.5 Å². The largest absolute Gasteiger partial charge is 0.374 e. The number of ether oxygens (including phenoxy) is 1. The third-order valence-corrected chi connectivity index (χ3v) is 7.59. The first-order chi connectivity index (χ1) is 18.0. The van der Waals surface area contributed by atoms with Crippen LogP contribution >= 0.6 is 0 Å². The molecule has 0 radical (unpaired) electrons. The van der Waals surface area contributed by atoms with E-state index in [1.165, 1.54) is 12.1 Å². The molecule has 9 heteroatoms. The number of benzene rings is 2. The zero-order valence-electron chi connectivity index (χ0n) is 22.3. The summed E-state index contributed by atoms with van der Waals surface area (Å²) in [5, 5.41) is 2.76. The maximum atomic E-state index is 13.8. The Labute approximate surface area is 223 Å². The number of rotatable bonds is 8. The first kappa shape index (κ1) is 27.7. The van der Waals surface area contributed by atoms with Gasteiger partial charge in [0.15, 0.2) is 0 Å². The van der Waals surface area contributed by atoms with Crippen molar-refractivity contribution < 1.29 is 23.5 Å². The highest BCUT2D eigenvalue weighted by Gasteiger charge is 2.55. The second kappa shape index (κ2) is 11.2. The number of likely N-dealkylation sites (N-methyl/N-ethyl adjacent to an activating group) is 1. The summed E-state index contributed by atoms with van der Waals surface area (Å²) in [6.07, 6.45) is 1.36. The lowest BCUT2D eigenvalue weighted by molar-refractivity contribution is -0.147. The number of carbonyl (C=O) groups excluding carboxylic acids is 3. The number of piperidine rings is 1. The SMILES string of the molecule is CN1CC(c2ccccc2)C2(CCCN(C(=O)C(COCc3ccc(F)cc3)NC(=O)C(C)(C)N)C2)C1=O. The van der Waals surface area contributed by atoms with Crippen molar-refractivity contribution in [1.29, 1.82) is 0 Å². The molecule has 2 fully saturated rings. The van der Waals surface area contributed by atoms with E-state index in [1.54, 1.807) is 35.8 Å². The second-order valence-corrected chi connectivity index (χ2v) is 11.1. The summed E-state index contributed by atoms with van der Waals surface area (Å²) in [4.78, 5) is 43.5. The Morgan fingerprint density at radius 2 is 1.87 bits per heavy atom. The molecular weight excluding hydrogens is 487 g/mol. The zero-order valence-corrected chi connectivity index (χ0v) is 22.3. The molecule has 1 spiro atoms. The normalized spacial score (nSPS) is 22.6. The monoisotopic (exact) mass is 524 g/mol. The lowest BCUT2D eigenvalue weighted by atomic mass is 9.69. The highest BCUT2D eigenvalue weighted by molar-refractivity contribution is 5.92. The highest BCUT2D eigenvalue weighted by atomic mass is 19.1. The zero-order chi connectivity index (χ0) is 27.5. The summed E-state index contributed by atoms with van der Waals surface area (Å²) in [6, 6.07) is 14.9. The van der Waals surface area contributed by atoms with E-state index in [4.69, 9.17) is 10.5 Å². The van der Waals surface area contributed by atoms with E-state index < -0.39 is 22.9 Å². The van der Waals surface area contributed by atoms with E-state index in [-0.39, 0.29) is 43.3 Å². The lowest BCUT2D eigenvalue weighted by Crippen LogP contribution is -2.60. The van der Waals surface area contributed by atoms with E-state index in [0.29, 0.717) is 25.9 Å². The number of nitrogens with two attached hydrogens (primary N) is 1. The number of amides is 3. The van der Waals surface area contributed by atoms with Gasteiger partial charge in [-0.05, 0) is 49.9 Å². The molecule has 0 aliphatic carbocycles. The fourth-order valence-corrected chi connectivity index (χ4v) is 5.52. The van der Waals surface area contributed by atoms with Gasteiger partial charge in [0.1, 0.15) is 11.9 Å². The number of hydrogen-bond donors (Lipinski definition) is 2. The minimum Gasteiger partial charge on any atom is -0.374 e. The van der Waals surface area contributed by atoms with Gasteiger partial charge in [-0.2, -0.15) is 0 Å². The first-order valence-corrected chi connectivity index (χ1v) is 13.0. The second-order valence-electron chi connectivity index (χ2n) is 11.1. The maximum absolute atomic E-state index is 13.8. The minimum atomic E-state index is -1.19. The molecule has 3 unspecified atom stereocenters. The lowest BCUT2D eigenvalue weighted by Gasteiger charge is -2.43. The van der Waals surface area contributed by atoms with Crippen LogP contribution < -0.4 is 11.1 Å². The van der Waals surface area contributed by atoms with Crippen LogP contribution in [0.25, 0.3) is 0 Å². The van der Waals surface area contributed by atoms with Crippen molar-refractivity contribution in [2.45, 2.75) is 50.8 Å². The fourth-order valence-electron chi connectivity index (χ4n) is 5.52. The summed E-state index contributed by atoms with van der Waals surface area (Å²) in [5.41, 5.74) is 5.89. The third-order valence-electron chi connectivity index (χ3n) is 7.59. The Morgan fingerprint density at radius 1 is 1.18 bits per heavy atom. The van der Waals surface area contributed by atoms with Crippen LogP contribution in [0.4, 0.5) is 4.39 Å². The van der Waals surface area contributed by atoms with E-state index in [2.05, 4.69) is 5.32 Å². The van der Waals surface area contributed by atoms with Crippen molar-refractivity contribution in [2.24, 2.45) is 11.1 Å². The van der Waals surface area contributed by atoms with Gasteiger partial charge in [-0.15, -0.1) is 0 Å². The molecular formula is C29H37FN4O4. The summed E-state index contributed by atoms with van der Waals surface area (Å²) in [7, 11) is 1.81. The van der Waals surface area contributed by atoms with Crippen LogP contribution in [0.2, 0.25) is 0 Å². The quantitative estimate of drug-likeness (QED) is 0.552. The standard InChI is InChI=1S/C29H37FN4O4/c1-28(2,31)26(36)32-24(18-38-17-20-10-12-22(30)13-11-20)25(35)34-15-7-14-29(19-34)23(16-33(3)27(29)37)21-8-5-4-6-9-21/h4-6,8-13,23-24H,7,14-19,31H2,1-3H3,(H,32,36). The smallest absolute Gasteiger partial charge is 0.247 e. The van der Waals surface area contributed by atoms with Crippen molar-refractivity contribution in [2.75, 3.05) is 33.3 Å². The number of hydrogen-bond acceptors (Lipinski definition) is 5. The van der Waals surface area contributed by atoms with Gasteiger partial charge in [0.2, 0.25) is 17.7 Å². The molecule has 4 rings (SSSR count). The Balaban J connectivity index is 1.53. The molecule has 2 aliphatic heterocycles. The van der Waals surface area contributed by atoms with Crippen LogP contribution in [0, 0.1) is 11.2 Å². The number of nitrogens with zero attached hydrogens (tertiary/aromatic N) is 2. The summed E-state index contributed by atoms with van der Waals surface area (Å²) >= 11 is 0. The average Bonchev–Trinajstić information content (AvgIpc) is 3.13. The molecule has 3 atom stereocenters. The van der Waals surface area contributed by atoms with E-state index in [9.17, 15) is 18.8 Å². The third kappa shape index (κ3) is 5.89. The number of nitrogens with one attached hydrogen (secondary N) is 1. The van der Waals surface area contributed by atoms with Gasteiger partial charge in [-0.1, -0.05) is 42.5 Å². The predicted octanol–water partition coefficient (Wildman–Crippen LogP) is 2.43. The van der Waals surface area contributed by atoms with Crippen LogP contribution in [-0.4, -0.2) is 72.4 Å². The Hall–Kier alpha value is -3.30. The molecule has 38 heavy (non-hydrogen) atoms. The first-order valence-electron chi connectivity index (χ1n) is 13.0. The molecule has 3 amide bonds. The average molecular weight is 525 g/mol. The fraction of sp³-hybridized carbons (Fsp3) is 0.483. The summed E-state index contributed by atoms with van der Waals surface area (Å²) in [5.74, 6) is -1.14. The molecule has 0 saturated carbocycles. The Bertz CT molecular complexity index is 1150. The predicted molar refractivity (Wildman–Crippen MR) is 141 cm³/mol. The number of halogens is 1. The van der Waals surface area contributed by atoms with Crippen LogP contribution in [0.15, 0.2) is 54.6 Å². The van der Waals surface area contributed by atoms with Gasteiger partial charge in [0.25, 0.3) is 0 Å². The Morgan fingerprint density at radius 3 is 2.53 bits per heavy atom. The maximum Gasteiger partial charge on any atom is 0.247 e. The van der Waals surface area contributed by atoms with Gasteiger partial charge in [-0.3, -0.25) is 14.4 Å². The molecule has 2 aromatic rings. The number of carbonyl (C=O) groups is 3. The van der Waals surface area contributed by atoms with Crippen molar-refractivity contribution in [3.8, 4) is 0 Å². The van der Waals surface area contributed by atoms with Gasteiger partial charge >= 0.3 is 0 Å². The summed E-state index contributed by atoms with van der Waals surface area (Å²) in [6.45, 7) is 4.54. The van der Waals surface area contributed by atoms with Gasteiger partial charge in [-0.25, -0.2) is 4.39 Å². The molecule has 204 valence electrons. The van der Waals surface area contributed by atoms with E-state index in [0.717, 1.165) is 11.1 Å². The van der Waals surface area contributed by atoms with Crippen LogP contribution in [-0.2, 0) is 25.7 Å². The van der Waals surface area contributed by atoms with Crippen LogP contribution in [0.3, 0.4) is 0 Å². The molecule has 2 heterocycles. The molecule has 0 aromatic heterocycles. The van der Waals surface area contributed by atoms with Gasteiger partial charge < -0.3 is 25.6 Å². The Kier molecular flexibility index (Phi) is 8.18. The summed E-state index contributed by atoms with van der Waals surface area (Å²) < 4.78 is 19.0. The van der Waals surface area contributed by atoms with Gasteiger partial charge in [0, 0.05) is 32.6 Å². The minimum absolute atomic E-state index is 0.0393. The molecule has 2 aromatic carbocycles. The molecule has 2 aliphatic rings. The van der Waals surface area contributed by atoms with Crippen LogP contribution in [0.5, 0.6) is 0 Å². The van der Waals surface area contributed by atoms with Crippen molar-refractivity contribution >= 4 is 17.7 Å². The van der Waals surface area contributed by atoms with Crippen molar-refractivity contribution in [3.63, 3.8) is 0 Å². The van der Waals surface area contributed by atoms with Crippen molar-refractivity contribution in [1.82, 2.24) is 15.1 Å². The number of likely N-dealkylation sites (tertiary alicyclic amines) is 2. The van der Waals surface area contributed by atoms with E-state index in [1.807, 2.05) is 37.4 Å². The van der Waals surface area contributed by atoms with Crippen LogP contribution in [0.1, 0.15) is 43.7 Å². The molecule has 2 saturated heterocycles. The van der Waals surface area contributed by atoms with E-state index >= 15 is 0 Å². The molecule has 0 bridgehead atoms. The topological polar surface area (TPSA) is 105 Å².